The first kappa shape index (κ1) is 14.3. The zero-order chi connectivity index (χ0) is 14.0. The second-order valence-corrected chi connectivity index (χ2v) is 4.29. The number of ether oxygens (including phenoxy) is 2. The van der Waals surface area contributed by atoms with Crippen LogP contribution in [0.15, 0.2) is 48.8 Å². The largest absolute Gasteiger partial charge is 0.494 e. The SMILES string of the molecule is CCOc1cccc(OCCNCc2cccnc2)c1. The Labute approximate surface area is 119 Å². The smallest absolute Gasteiger partial charge is 0.123 e. The third-order valence-corrected chi connectivity index (χ3v) is 2.72. The minimum absolute atomic E-state index is 0.621. The Balaban J connectivity index is 1.67. The minimum Gasteiger partial charge on any atom is -0.494 e. The van der Waals surface area contributed by atoms with Gasteiger partial charge < -0.3 is 14.8 Å². The van der Waals surface area contributed by atoms with E-state index in [1.807, 2.05) is 49.5 Å². The number of hydrogen-bond acceptors (Lipinski definition) is 4. The Morgan fingerprint density at radius 3 is 2.70 bits per heavy atom. The van der Waals surface area contributed by atoms with Crippen LogP contribution in [0.25, 0.3) is 0 Å². The molecule has 1 N–H and O–H groups in total. The van der Waals surface area contributed by atoms with Crippen LogP contribution < -0.4 is 14.8 Å². The van der Waals surface area contributed by atoms with Crippen molar-refractivity contribution in [2.75, 3.05) is 19.8 Å². The fourth-order valence-electron chi connectivity index (χ4n) is 1.80. The molecule has 0 atom stereocenters. The van der Waals surface area contributed by atoms with E-state index in [9.17, 15) is 0 Å². The van der Waals surface area contributed by atoms with Crippen molar-refractivity contribution in [1.82, 2.24) is 10.3 Å². The fraction of sp³-hybridized carbons (Fsp3) is 0.312. The molecule has 0 amide bonds. The minimum atomic E-state index is 0.621. The topological polar surface area (TPSA) is 43.4 Å². The van der Waals surface area contributed by atoms with Gasteiger partial charge in [0.15, 0.2) is 0 Å². The van der Waals surface area contributed by atoms with E-state index >= 15 is 0 Å². The molecule has 4 heteroatoms. The van der Waals surface area contributed by atoms with E-state index in [1.54, 1.807) is 6.20 Å². The van der Waals surface area contributed by atoms with Crippen LogP contribution >= 0.6 is 0 Å². The van der Waals surface area contributed by atoms with E-state index in [-0.39, 0.29) is 0 Å². The summed E-state index contributed by atoms with van der Waals surface area (Å²) in [5.74, 6) is 1.67. The molecule has 2 aromatic rings. The number of aromatic nitrogens is 1. The van der Waals surface area contributed by atoms with Gasteiger partial charge in [-0.25, -0.2) is 0 Å². The van der Waals surface area contributed by atoms with Crippen LogP contribution in [-0.2, 0) is 6.54 Å². The van der Waals surface area contributed by atoms with Gasteiger partial charge in [0.1, 0.15) is 18.1 Å². The van der Waals surface area contributed by atoms with E-state index < -0.39 is 0 Å². The highest BCUT2D eigenvalue weighted by Gasteiger charge is 1.97. The summed E-state index contributed by atoms with van der Waals surface area (Å²) in [6.45, 7) is 4.84. The average molecular weight is 272 g/mol. The van der Waals surface area contributed by atoms with Gasteiger partial charge in [0.25, 0.3) is 0 Å². The first-order chi connectivity index (χ1) is 9.88. The Kier molecular flexibility index (Phi) is 5.86. The highest BCUT2D eigenvalue weighted by molar-refractivity contribution is 5.32. The van der Waals surface area contributed by atoms with Crippen LogP contribution in [-0.4, -0.2) is 24.7 Å². The normalized spacial score (nSPS) is 10.2. The molecule has 2 rings (SSSR count). The predicted molar refractivity (Wildman–Crippen MR) is 79.0 cm³/mol. The molecule has 0 spiro atoms. The Morgan fingerprint density at radius 1 is 1.10 bits per heavy atom. The maximum atomic E-state index is 5.67. The summed E-state index contributed by atoms with van der Waals surface area (Å²) in [5, 5.41) is 3.32. The molecular weight excluding hydrogens is 252 g/mol. The van der Waals surface area contributed by atoms with E-state index in [1.165, 1.54) is 5.56 Å². The van der Waals surface area contributed by atoms with Gasteiger partial charge >= 0.3 is 0 Å². The van der Waals surface area contributed by atoms with Crippen molar-refractivity contribution in [3.63, 3.8) is 0 Å². The monoisotopic (exact) mass is 272 g/mol. The van der Waals surface area contributed by atoms with Gasteiger partial charge in [-0.05, 0) is 30.7 Å². The van der Waals surface area contributed by atoms with E-state index in [4.69, 9.17) is 9.47 Å². The second-order valence-electron chi connectivity index (χ2n) is 4.29. The molecule has 0 aliphatic carbocycles. The van der Waals surface area contributed by atoms with E-state index in [0.717, 1.165) is 24.6 Å². The predicted octanol–water partition coefficient (Wildman–Crippen LogP) is 2.65. The first-order valence-corrected chi connectivity index (χ1v) is 6.84. The van der Waals surface area contributed by atoms with Crippen molar-refractivity contribution < 1.29 is 9.47 Å². The molecule has 1 aromatic carbocycles. The summed E-state index contributed by atoms with van der Waals surface area (Å²) in [5.41, 5.74) is 1.17. The molecule has 4 nitrogen and oxygen atoms in total. The zero-order valence-electron chi connectivity index (χ0n) is 11.7. The van der Waals surface area contributed by atoms with Crippen LogP contribution in [0.5, 0.6) is 11.5 Å². The van der Waals surface area contributed by atoms with Crippen molar-refractivity contribution in [1.29, 1.82) is 0 Å². The van der Waals surface area contributed by atoms with Crippen molar-refractivity contribution in [2.45, 2.75) is 13.5 Å². The number of pyridine rings is 1. The maximum Gasteiger partial charge on any atom is 0.123 e. The lowest BCUT2D eigenvalue weighted by Gasteiger charge is -2.09. The number of hydrogen-bond donors (Lipinski definition) is 1. The summed E-state index contributed by atoms with van der Waals surface area (Å²) in [6.07, 6.45) is 3.64. The number of benzene rings is 1. The summed E-state index contributed by atoms with van der Waals surface area (Å²) < 4.78 is 11.1. The van der Waals surface area contributed by atoms with Gasteiger partial charge in [-0.15, -0.1) is 0 Å². The summed E-state index contributed by atoms with van der Waals surface area (Å²) in [4.78, 5) is 4.07. The summed E-state index contributed by atoms with van der Waals surface area (Å²) in [6, 6.07) is 11.7. The summed E-state index contributed by atoms with van der Waals surface area (Å²) >= 11 is 0. The lowest BCUT2D eigenvalue weighted by Crippen LogP contribution is -2.20. The molecule has 0 bridgehead atoms. The van der Waals surface area contributed by atoms with Gasteiger partial charge in [-0.2, -0.15) is 0 Å². The average Bonchev–Trinajstić information content (AvgIpc) is 2.49. The van der Waals surface area contributed by atoms with Crippen molar-refractivity contribution in [3.8, 4) is 11.5 Å². The van der Waals surface area contributed by atoms with Gasteiger partial charge in [0.05, 0.1) is 6.61 Å². The molecule has 0 fully saturated rings. The molecule has 1 aromatic heterocycles. The fourth-order valence-corrected chi connectivity index (χ4v) is 1.80. The van der Waals surface area contributed by atoms with Gasteiger partial charge in [-0.3, -0.25) is 4.98 Å². The molecule has 0 saturated carbocycles. The third kappa shape index (κ3) is 4.90. The van der Waals surface area contributed by atoms with Crippen molar-refractivity contribution >= 4 is 0 Å². The Hall–Kier alpha value is -2.07. The van der Waals surface area contributed by atoms with Gasteiger partial charge in [0, 0.05) is 31.5 Å². The van der Waals surface area contributed by atoms with Gasteiger partial charge in [0.2, 0.25) is 0 Å². The van der Waals surface area contributed by atoms with Gasteiger partial charge in [-0.1, -0.05) is 12.1 Å². The lowest BCUT2D eigenvalue weighted by atomic mass is 10.3. The lowest BCUT2D eigenvalue weighted by molar-refractivity contribution is 0.306. The Bertz CT molecular complexity index is 503. The quantitative estimate of drug-likeness (QED) is 0.750. The van der Waals surface area contributed by atoms with Crippen LogP contribution in [0.1, 0.15) is 12.5 Å². The molecule has 0 aliphatic heterocycles. The van der Waals surface area contributed by atoms with Crippen LogP contribution in [0.4, 0.5) is 0 Å². The molecule has 1 heterocycles. The molecule has 20 heavy (non-hydrogen) atoms. The number of rotatable bonds is 8. The van der Waals surface area contributed by atoms with Crippen molar-refractivity contribution in [2.24, 2.45) is 0 Å². The molecule has 0 aliphatic rings. The number of nitrogens with one attached hydrogen (secondary N) is 1. The molecular formula is C16H20N2O2. The highest BCUT2D eigenvalue weighted by atomic mass is 16.5. The summed E-state index contributed by atoms with van der Waals surface area (Å²) in [7, 11) is 0. The Morgan fingerprint density at radius 2 is 1.95 bits per heavy atom. The van der Waals surface area contributed by atoms with Crippen LogP contribution in [0.2, 0.25) is 0 Å². The maximum absolute atomic E-state index is 5.67. The zero-order valence-corrected chi connectivity index (χ0v) is 11.7. The second kappa shape index (κ2) is 8.17. The standard InChI is InChI=1S/C16H20N2O2/c1-2-19-15-6-3-7-16(11-15)20-10-9-18-13-14-5-4-8-17-12-14/h3-8,11-12,18H,2,9-10,13H2,1H3. The molecule has 0 radical (unpaired) electrons. The molecule has 0 unspecified atom stereocenters. The van der Waals surface area contributed by atoms with Crippen molar-refractivity contribution in [3.05, 3.63) is 54.4 Å². The third-order valence-electron chi connectivity index (χ3n) is 2.72. The first-order valence-electron chi connectivity index (χ1n) is 6.84. The number of nitrogens with zero attached hydrogens (tertiary/aromatic N) is 1. The van der Waals surface area contributed by atoms with E-state index in [0.29, 0.717) is 13.2 Å². The molecule has 106 valence electrons. The van der Waals surface area contributed by atoms with Crippen LogP contribution in [0, 0.1) is 0 Å². The van der Waals surface area contributed by atoms with E-state index in [2.05, 4.69) is 10.3 Å². The van der Waals surface area contributed by atoms with Crippen LogP contribution in [0.3, 0.4) is 0 Å². The highest BCUT2D eigenvalue weighted by Crippen LogP contribution is 2.19. The molecule has 0 saturated heterocycles.